The minimum atomic E-state index is -0.429. The first-order valence-electron chi connectivity index (χ1n) is 6.28. The zero-order chi connectivity index (χ0) is 14.5. The fourth-order valence-electron chi connectivity index (χ4n) is 1.93. The van der Waals surface area contributed by atoms with Gasteiger partial charge < -0.3 is 9.88 Å². The average Bonchev–Trinajstić information content (AvgIpc) is 2.84. The van der Waals surface area contributed by atoms with Gasteiger partial charge in [-0.25, -0.2) is 4.98 Å². The van der Waals surface area contributed by atoms with Crippen LogP contribution in [0.25, 0.3) is 0 Å². The largest absolute Gasteiger partial charge is 0.374 e. The van der Waals surface area contributed by atoms with E-state index in [0.717, 1.165) is 18.7 Å². The molecule has 2 rings (SSSR count). The lowest BCUT2D eigenvalue weighted by molar-refractivity contribution is -0.384. The molecule has 0 spiro atoms. The van der Waals surface area contributed by atoms with Crippen LogP contribution >= 0.6 is 11.6 Å². The first kappa shape index (κ1) is 14.3. The van der Waals surface area contributed by atoms with Crippen LogP contribution in [0.2, 0.25) is 5.02 Å². The molecule has 0 aliphatic carbocycles. The predicted molar refractivity (Wildman–Crippen MR) is 78.0 cm³/mol. The van der Waals surface area contributed by atoms with Crippen molar-refractivity contribution in [2.24, 2.45) is 0 Å². The maximum absolute atomic E-state index is 11.0. The zero-order valence-corrected chi connectivity index (χ0v) is 11.8. The molecular formula is C13H15ClN4O2. The van der Waals surface area contributed by atoms with Crippen LogP contribution in [0.15, 0.2) is 30.7 Å². The molecule has 106 valence electrons. The third kappa shape index (κ3) is 3.27. The zero-order valence-electron chi connectivity index (χ0n) is 11.0. The number of nitrogens with zero attached hydrogens (tertiary/aromatic N) is 3. The van der Waals surface area contributed by atoms with Gasteiger partial charge in [0.25, 0.3) is 5.69 Å². The molecule has 0 aliphatic heterocycles. The number of hydrogen-bond donors (Lipinski definition) is 1. The van der Waals surface area contributed by atoms with E-state index in [1.165, 1.54) is 12.1 Å². The van der Waals surface area contributed by atoms with Crippen molar-refractivity contribution in [3.63, 3.8) is 0 Å². The molecule has 20 heavy (non-hydrogen) atoms. The number of nitrogens with one attached hydrogen (secondary N) is 1. The summed E-state index contributed by atoms with van der Waals surface area (Å²) < 4.78 is 2.02. The quantitative estimate of drug-likeness (QED) is 0.654. The first-order chi connectivity index (χ1) is 9.61. The van der Waals surface area contributed by atoms with Crippen molar-refractivity contribution in [2.45, 2.75) is 26.4 Å². The van der Waals surface area contributed by atoms with Gasteiger partial charge in [0.15, 0.2) is 0 Å². The average molecular weight is 295 g/mol. The number of aromatic nitrogens is 2. The van der Waals surface area contributed by atoms with Crippen LogP contribution in [0.4, 0.5) is 11.4 Å². The Bertz CT molecular complexity index is 612. The molecule has 1 aromatic heterocycles. The van der Waals surface area contributed by atoms with Crippen molar-refractivity contribution in [2.75, 3.05) is 5.32 Å². The molecule has 0 bridgehead atoms. The normalized spacial score (nSPS) is 10.5. The number of hydrogen-bond acceptors (Lipinski definition) is 4. The van der Waals surface area contributed by atoms with Gasteiger partial charge in [-0.05, 0) is 18.6 Å². The van der Waals surface area contributed by atoms with Gasteiger partial charge in [-0.1, -0.05) is 18.5 Å². The lowest BCUT2D eigenvalue weighted by Gasteiger charge is -2.09. The third-order valence-corrected chi connectivity index (χ3v) is 3.11. The van der Waals surface area contributed by atoms with Gasteiger partial charge in [0.1, 0.15) is 5.69 Å². The number of imidazole rings is 1. The highest BCUT2D eigenvalue weighted by Gasteiger charge is 2.14. The molecule has 0 radical (unpaired) electrons. The van der Waals surface area contributed by atoms with Gasteiger partial charge >= 0.3 is 0 Å². The standard InChI is InChI=1S/C13H15ClN4O2/c1-2-5-17-9-15-7-11(17)8-16-12-6-10(14)3-4-13(12)18(19)20/h3-4,6-7,9,16H,2,5,8H2,1H3. The third-order valence-electron chi connectivity index (χ3n) is 2.88. The molecule has 1 heterocycles. The second kappa shape index (κ2) is 6.38. The van der Waals surface area contributed by atoms with Crippen LogP contribution in [-0.4, -0.2) is 14.5 Å². The topological polar surface area (TPSA) is 73.0 Å². The molecule has 1 N–H and O–H groups in total. The molecule has 0 aliphatic rings. The van der Waals surface area contributed by atoms with Crippen LogP contribution in [0, 0.1) is 10.1 Å². The van der Waals surface area contributed by atoms with Gasteiger partial charge in [-0.2, -0.15) is 0 Å². The van der Waals surface area contributed by atoms with E-state index in [1.807, 2.05) is 4.57 Å². The highest BCUT2D eigenvalue weighted by Crippen LogP contribution is 2.28. The minimum Gasteiger partial charge on any atom is -0.374 e. The lowest BCUT2D eigenvalue weighted by atomic mass is 10.2. The van der Waals surface area contributed by atoms with Crippen molar-refractivity contribution in [3.05, 3.63) is 51.6 Å². The van der Waals surface area contributed by atoms with E-state index in [2.05, 4.69) is 17.2 Å². The van der Waals surface area contributed by atoms with Gasteiger partial charge in [-0.3, -0.25) is 10.1 Å². The number of halogens is 1. The lowest BCUT2D eigenvalue weighted by Crippen LogP contribution is -2.08. The van der Waals surface area contributed by atoms with E-state index >= 15 is 0 Å². The molecule has 2 aromatic rings. The van der Waals surface area contributed by atoms with E-state index in [1.54, 1.807) is 18.6 Å². The summed E-state index contributed by atoms with van der Waals surface area (Å²) >= 11 is 5.88. The summed E-state index contributed by atoms with van der Waals surface area (Å²) in [5.41, 5.74) is 1.39. The Morgan fingerprint density at radius 2 is 2.30 bits per heavy atom. The number of aryl methyl sites for hydroxylation is 1. The molecule has 0 amide bonds. The van der Waals surface area contributed by atoms with Crippen LogP contribution in [-0.2, 0) is 13.1 Å². The van der Waals surface area contributed by atoms with Crippen molar-refractivity contribution >= 4 is 23.0 Å². The van der Waals surface area contributed by atoms with Crippen molar-refractivity contribution in [1.29, 1.82) is 0 Å². The van der Waals surface area contributed by atoms with Gasteiger partial charge in [0.05, 0.1) is 23.5 Å². The monoisotopic (exact) mass is 294 g/mol. The molecular weight excluding hydrogens is 280 g/mol. The second-order valence-corrected chi connectivity index (χ2v) is 4.79. The number of rotatable bonds is 6. The first-order valence-corrected chi connectivity index (χ1v) is 6.66. The number of nitro groups is 1. The summed E-state index contributed by atoms with van der Waals surface area (Å²) in [5.74, 6) is 0. The van der Waals surface area contributed by atoms with E-state index in [-0.39, 0.29) is 5.69 Å². The maximum Gasteiger partial charge on any atom is 0.292 e. The van der Waals surface area contributed by atoms with Gasteiger partial charge in [0, 0.05) is 23.8 Å². The SMILES string of the molecule is CCCn1cncc1CNc1cc(Cl)ccc1[N+](=O)[O-]. The molecule has 0 unspecified atom stereocenters. The molecule has 1 aromatic carbocycles. The van der Waals surface area contributed by atoms with Crippen molar-refractivity contribution < 1.29 is 4.92 Å². The summed E-state index contributed by atoms with van der Waals surface area (Å²) in [6.45, 7) is 3.41. The maximum atomic E-state index is 11.0. The van der Waals surface area contributed by atoms with E-state index in [0.29, 0.717) is 17.3 Å². The van der Waals surface area contributed by atoms with Crippen LogP contribution in [0.3, 0.4) is 0 Å². The van der Waals surface area contributed by atoms with Crippen LogP contribution in [0.1, 0.15) is 19.0 Å². The molecule has 0 fully saturated rings. The number of anilines is 1. The van der Waals surface area contributed by atoms with E-state index in [4.69, 9.17) is 11.6 Å². The molecule has 0 atom stereocenters. The van der Waals surface area contributed by atoms with Crippen LogP contribution < -0.4 is 5.32 Å². The van der Waals surface area contributed by atoms with Crippen LogP contribution in [0.5, 0.6) is 0 Å². The Kier molecular flexibility index (Phi) is 4.57. The van der Waals surface area contributed by atoms with Crippen molar-refractivity contribution in [3.8, 4) is 0 Å². The van der Waals surface area contributed by atoms with Crippen molar-refractivity contribution in [1.82, 2.24) is 9.55 Å². The molecule has 7 heteroatoms. The van der Waals surface area contributed by atoms with E-state index < -0.39 is 4.92 Å². The molecule has 6 nitrogen and oxygen atoms in total. The number of nitro benzene ring substituents is 1. The Morgan fingerprint density at radius 3 is 3.00 bits per heavy atom. The number of benzene rings is 1. The Hall–Kier alpha value is -2.08. The summed E-state index contributed by atoms with van der Waals surface area (Å²) in [6, 6.07) is 4.46. The fourth-order valence-corrected chi connectivity index (χ4v) is 2.10. The Balaban J connectivity index is 2.16. The highest BCUT2D eigenvalue weighted by molar-refractivity contribution is 6.31. The Morgan fingerprint density at radius 1 is 1.50 bits per heavy atom. The summed E-state index contributed by atoms with van der Waals surface area (Å²) in [6.07, 6.45) is 4.51. The van der Waals surface area contributed by atoms with E-state index in [9.17, 15) is 10.1 Å². The minimum absolute atomic E-state index is 0.0101. The molecule has 0 saturated heterocycles. The Labute approximate surface area is 121 Å². The smallest absolute Gasteiger partial charge is 0.292 e. The highest BCUT2D eigenvalue weighted by atomic mass is 35.5. The fraction of sp³-hybridized carbons (Fsp3) is 0.308. The summed E-state index contributed by atoms with van der Waals surface area (Å²) in [7, 11) is 0. The van der Waals surface area contributed by atoms with Gasteiger partial charge in [0.2, 0.25) is 0 Å². The van der Waals surface area contributed by atoms with Gasteiger partial charge in [-0.15, -0.1) is 0 Å². The summed E-state index contributed by atoms with van der Waals surface area (Å²) in [5, 5.41) is 14.5. The summed E-state index contributed by atoms with van der Waals surface area (Å²) in [4.78, 5) is 14.6. The second-order valence-electron chi connectivity index (χ2n) is 4.35. The predicted octanol–water partition coefficient (Wildman–Crippen LogP) is 3.47. The molecule has 0 saturated carbocycles.